The minimum Gasteiger partial charge on any atom is -0.405 e. The number of carbonyl (C=O) groups is 1. The van der Waals surface area contributed by atoms with Crippen molar-refractivity contribution in [3.63, 3.8) is 0 Å². The van der Waals surface area contributed by atoms with E-state index in [4.69, 9.17) is 16.0 Å². The van der Waals surface area contributed by atoms with Gasteiger partial charge in [0.2, 0.25) is 5.89 Å². The molecule has 0 bridgehead atoms. The lowest BCUT2D eigenvalue weighted by atomic mass is 10.1. The largest absolute Gasteiger partial charge is 0.405 e. The van der Waals surface area contributed by atoms with Crippen molar-refractivity contribution in [3.05, 3.63) is 76.4 Å². The summed E-state index contributed by atoms with van der Waals surface area (Å²) in [7, 11) is 0. The highest BCUT2D eigenvalue weighted by atomic mass is 35.5. The van der Waals surface area contributed by atoms with Gasteiger partial charge in [-0.1, -0.05) is 47.0 Å². The maximum absolute atomic E-state index is 13.6. The van der Waals surface area contributed by atoms with Crippen LogP contribution in [0.5, 0.6) is 0 Å². The lowest BCUT2D eigenvalue weighted by molar-refractivity contribution is 0.0937. The first kappa shape index (κ1) is 18.4. The van der Waals surface area contributed by atoms with Crippen LogP contribution in [0, 0.1) is 5.82 Å². The van der Waals surface area contributed by atoms with Gasteiger partial charge in [-0.15, -0.1) is 5.10 Å². The summed E-state index contributed by atoms with van der Waals surface area (Å²) in [5.74, 6) is -0.812. The summed E-state index contributed by atoms with van der Waals surface area (Å²) in [5, 5.41) is 11.3. The Labute approximate surface area is 166 Å². The van der Waals surface area contributed by atoms with Crippen LogP contribution in [-0.4, -0.2) is 29.2 Å². The predicted octanol–water partition coefficient (Wildman–Crippen LogP) is 3.98. The number of benzene rings is 2. The summed E-state index contributed by atoms with van der Waals surface area (Å²) in [4.78, 5) is 14.8. The quantitative estimate of drug-likeness (QED) is 0.701. The van der Waals surface area contributed by atoms with Crippen LogP contribution in [0.4, 0.5) is 10.4 Å². The first-order valence-electron chi connectivity index (χ1n) is 9.01. The fourth-order valence-electron chi connectivity index (χ4n) is 3.19. The van der Waals surface area contributed by atoms with Gasteiger partial charge in [0, 0.05) is 13.1 Å². The van der Waals surface area contributed by atoms with Crippen LogP contribution in [0.3, 0.4) is 0 Å². The number of nitrogens with zero attached hydrogens (tertiary/aromatic N) is 3. The van der Waals surface area contributed by atoms with Crippen molar-refractivity contribution in [2.45, 2.75) is 18.9 Å². The minimum atomic E-state index is -0.683. The van der Waals surface area contributed by atoms with Gasteiger partial charge in [-0.3, -0.25) is 4.79 Å². The fourth-order valence-corrected chi connectivity index (χ4v) is 3.40. The van der Waals surface area contributed by atoms with Crippen LogP contribution in [0.15, 0.2) is 52.9 Å². The van der Waals surface area contributed by atoms with Crippen molar-refractivity contribution >= 4 is 23.5 Å². The van der Waals surface area contributed by atoms with Crippen LogP contribution in [0.25, 0.3) is 0 Å². The van der Waals surface area contributed by atoms with Crippen molar-refractivity contribution in [1.82, 2.24) is 15.5 Å². The average Bonchev–Trinajstić information content (AvgIpc) is 3.40. The highest BCUT2D eigenvalue weighted by molar-refractivity contribution is 6.33. The summed E-state index contributed by atoms with van der Waals surface area (Å²) in [6, 6.07) is 12.7. The van der Waals surface area contributed by atoms with Crippen LogP contribution >= 0.6 is 11.6 Å². The number of aromatic nitrogens is 2. The molecule has 1 saturated heterocycles. The molecular weight excluding hydrogens is 383 g/mol. The Kier molecular flexibility index (Phi) is 5.25. The molecule has 0 unspecified atom stereocenters. The van der Waals surface area contributed by atoms with Crippen molar-refractivity contribution < 1.29 is 13.6 Å². The second-order valence-electron chi connectivity index (χ2n) is 6.56. The summed E-state index contributed by atoms with van der Waals surface area (Å²) >= 11 is 6.07. The molecule has 2 aromatic carbocycles. The lowest BCUT2D eigenvalue weighted by Gasteiger charge is -2.17. The molecule has 144 valence electrons. The molecule has 1 aromatic heterocycles. The summed E-state index contributed by atoms with van der Waals surface area (Å²) in [6.45, 7) is 1.73. The van der Waals surface area contributed by atoms with E-state index in [-0.39, 0.29) is 16.5 Å². The minimum absolute atomic E-state index is 0.0434. The van der Waals surface area contributed by atoms with Gasteiger partial charge in [0.25, 0.3) is 5.91 Å². The molecule has 4 rings (SSSR count). The van der Waals surface area contributed by atoms with Crippen LogP contribution in [0.2, 0.25) is 5.02 Å². The molecule has 1 aliphatic rings. The molecule has 0 radical (unpaired) electrons. The lowest BCUT2D eigenvalue weighted by Crippen LogP contribution is -2.30. The Morgan fingerprint density at radius 2 is 1.89 bits per heavy atom. The van der Waals surface area contributed by atoms with Crippen molar-refractivity contribution in [2.75, 3.05) is 18.0 Å². The Balaban J connectivity index is 1.65. The smallest absolute Gasteiger partial charge is 0.318 e. The third-order valence-electron chi connectivity index (χ3n) is 4.63. The molecular formula is C20H18ClFN4O2. The molecule has 1 N–H and O–H groups in total. The molecule has 1 aliphatic heterocycles. The molecule has 2 heterocycles. The van der Waals surface area contributed by atoms with E-state index in [1.165, 1.54) is 12.1 Å². The number of halogens is 2. The number of amides is 1. The SMILES string of the molecule is O=C(N[C@@H](c1ccccc1)c1nnc(N2CCCC2)o1)c1cc(F)ccc1Cl. The molecule has 28 heavy (non-hydrogen) atoms. The fraction of sp³-hybridized carbons (Fsp3) is 0.250. The van der Waals surface area contributed by atoms with Gasteiger partial charge in [0.05, 0.1) is 10.6 Å². The molecule has 0 aliphatic carbocycles. The van der Waals surface area contributed by atoms with Crippen molar-refractivity contribution in [2.24, 2.45) is 0 Å². The van der Waals surface area contributed by atoms with Crippen LogP contribution in [0.1, 0.15) is 40.7 Å². The van der Waals surface area contributed by atoms with Crippen LogP contribution < -0.4 is 10.2 Å². The van der Waals surface area contributed by atoms with Gasteiger partial charge < -0.3 is 14.6 Å². The van der Waals surface area contributed by atoms with E-state index in [2.05, 4.69) is 15.5 Å². The van der Waals surface area contributed by atoms with E-state index in [9.17, 15) is 9.18 Å². The maximum Gasteiger partial charge on any atom is 0.318 e. The Morgan fingerprint density at radius 1 is 1.14 bits per heavy atom. The molecule has 0 spiro atoms. The summed E-state index contributed by atoms with van der Waals surface area (Å²) < 4.78 is 19.4. The molecule has 3 aromatic rings. The monoisotopic (exact) mass is 400 g/mol. The van der Waals surface area contributed by atoms with E-state index >= 15 is 0 Å². The number of nitrogens with one attached hydrogen (secondary N) is 1. The summed E-state index contributed by atoms with van der Waals surface area (Å²) in [5.41, 5.74) is 0.807. The highest BCUT2D eigenvalue weighted by Crippen LogP contribution is 2.26. The van der Waals surface area contributed by atoms with Gasteiger partial charge >= 0.3 is 6.01 Å². The first-order chi connectivity index (χ1) is 13.6. The number of carbonyl (C=O) groups excluding carboxylic acids is 1. The highest BCUT2D eigenvalue weighted by Gasteiger charge is 2.26. The third-order valence-corrected chi connectivity index (χ3v) is 4.96. The first-order valence-corrected chi connectivity index (χ1v) is 9.39. The Hall–Kier alpha value is -2.93. The zero-order valence-corrected chi connectivity index (χ0v) is 15.7. The zero-order valence-electron chi connectivity index (χ0n) is 14.9. The number of hydrogen-bond acceptors (Lipinski definition) is 5. The van der Waals surface area contributed by atoms with E-state index in [1.807, 2.05) is 35.2 Å². The maximum atomic E-state index is 13.6. The van der Waals surface area contributed by atoms with E-state index in [0.29, 0.717) is 6.01 Å². The van der Waals surface area contributed by atoms with Gasteiger partial charge in [0.1, 0.15) is 11.9 Å². The van der Waals surface area contributed by atoms with Gasteiger partial charge in [-0.25, -0.2) is 4.39 Å². The van der Waals surface area contributed by atoms with Crippen molar-refractivity contribution in [3.8, 4) is 0 Å². The second-order valence-corrected chi connectivity index (χ2v) is 6.97. The zero-order chi connectivity index (χ0) is 19.5. The summed E-state index contributed by atoms with van der Waals surface area (Å²) in [6.07, 6.45) is 2.16. The molecule has 1 atom stereocenters. The van der Waals surface area contributed by atoms with Gasteiger partial charge in [-0.05, 0) is 36.6 Å². The molecule has 1 fully saturated rings. The van der Waals surface area contributed by atoms with Gasteiger partial charge in [0.15, 0.2) is 0 Å². The third kappa shape index (κ3) is 3.84. The number of hydrogen-bond donors (Lipinski definition) is 1. The molecule has 6 nitrogen and oxygen atoms in total. The van der Waals surface area contributed by atoms with Crippen LogP contribution in [-0.2, 0) is 0 Å². The average molecular weight is 401 g/mol. The number of rotatable bonds is 5. The van der Waals surface area contributed by atoms with E-state index in [1.54, 1.807) is 0 Å². The van der Waals surface area contributed by atoms with Gasteiger partial charge in [-0.2, -0.15) is 0 Å². The number of anilines is 1. The normalized spacial score (nSPS) is 14.9. The predicted molar refractivity (Wildman–Crippen MR) is 103 cm³/mol. The topological polar surface area (TPSA) is 71.3 Å². The molecule has 8 heteroatoms. The Morgan fingerprint density at radius 3 is 2.64 bits per heavy atom. The van der Waals surface area contributed by atoms with E-state index < -0.39 is 17.8 Å². The second kappa shape index (κ2) is 7.98. The molecule has 0 saturated carbocycles. The standard InChI is InChI=1S/C20H18ClFN4O2/c21-16-9-8-14(22)12-15(16)18(27)23-17(13-6-2-1-3-7-13)19-24-25-20(28-19)26-10-4-5-11-26/h1-3,6-9,12,17H,4-5,10-11H2,(H,23,27)/t17-/m0/s1. The Bertz CT molecular complexity index is 973. The van der Waals surface area contributed by atoms with Crippen molar-refractivity contribution in [1.29, 1.82) is 0 Å². The molecule has 1 amide bonds. The van der Waals surface area contributed by atoms with E-state index in [0.717, 1.165) is 37.6 Å².